The van der Waals surface area contributed by atoms with Gasteiger partial charge in [-0.25, -0.2) is 0 Å². The van der Waals surface area contributed by atoms with Crippen molar-refractivity contribution in [3.63, 3.8) is 0 Å². The molecule has 2 aliphatic rings. The second-order valence-corrected chi connectivity index (χ2v) is 7.32. The van der Waals surface area contributed by atoms with Gasteiger partial charge in [-0.15, -0.1) is 0 Å². The van der Waals surface area contributed by atoms with E-state index in [1.54, 1.807) is 23.1 Å². The first-order valence-electron chi connectivity index (χ1n) is 8.25. The summed E-state index contributed by atoms with van der Waals surface area (Å²) in [6, 6.07) is 5.23. The molecule has 1 aromatic carbocycles. The Balaban J connectivity index is 1.74. The van der Waals surface area contributed by atoms with Crippen molar-refractivity contribution in [2.24, 2.45) is 11.8 Å². The quantitative estimate of drug-likeness (QED) is 0.842. The highest BCUT2D eigenvalue weighted by molar-refractivity contribution is 6.30. The minimum atomic E-state index is -0.0631. The number of halogens is 1. The molecule has 1 aliphatic heterocycles. The molecule has 6 heteroatoms. The predicted octanol–water partition coefficient (Wildman–Crippen LogP) is 2.68. The summed E-state index contributed by atoms with van der Waals surface area (Å²) in [4.78, 5) is 28.4. The molecule has 2 amide bonds. The zero-order valence-corrected chi connectivity index (χ0v) is 15.0. The van der Waals surface area contributed by atoms with Gasteiger partial charge in [-0.3, -0.25) is 9.59 Å². The number of carbonyl (C=O) groups excluding carboxylic acids is 2. The molecule has 3 rings (SSSR count). The van der Waals surface area contributed by atoms with Gasteiger partial charge in [0, 0.05) is 38.1 Å². The van der Waals surface area contributed by atoms with Crippen LogP contribution in [0.5, 0.6) is 5.75 Å². The first-order valence-corrected chi connectivity index (χ1v) is 8.63. The van der Waals surface area contributed by atoms with E-state index in [0.717, 1.165) is 19.4 Å². The molecule has 1 heterocycles. The summed E-state index contributed by atoms with van der Waals surface area (Å²) >= 11 is 5.98. The zero-order valence-electron chi connectivity index (χ0n) is 14.3. The highest BCUT2D eigenvalue weighted by Gasteiger charge is 2.42. The van der Waals surface area contributed by atoms with E-state index in [4.69, 9.17) is 16.3 Å². The van der Waals surface area contributed by atoms with E-state index in [-0.39, 0.29) is 17.9 Å². The van der Waals surface area contributed by atoms with Crippen molar-refractivity contribution in [1.29, 1.82) is 0 Å². The molecule has 24 heavy (non-hydrogen) atoms. The van der Waals surface area contributed by atoms with Crippen molar-refractivity contribution in [3.05, 3.63) is 28.8 Å². The molecule has 0 N–H and O–H groups in total. The molecular formula is C18H23ClN2O3. The van der Waals surface area contributed by atoms with Crippen LogP contribution in [0.25, 0.3) is 0 Å². The van der Waals surface area contributed by atoms with E-state index in [1.165, 1.54) is 7.11 Å². The van der Waals surface area contributed by atoms with Gasteiger partial charge < -0.3 is 14.5 Å². The molecule has 2 fully saturated rings. The normalized spacial score (nSPS) is 26.2. The van der Waals surface area contributed by atoms with E-state index in [9.17, 15) is 9.59 Å². The fourth-order valence-electron chi connectivity index (χ4n) is 4.00. The Morgan fingerprint density at radius 3 is 2.75 bits per heavy atom. The summed E-state index contributed by atoms with van der Waals surface area (Å²) < 4.78 is 5.30. The topological polar surface area (TPSA) is 49.9 Å². The highest BCUT2D eigenvalue weighted by atomic mass is 35.5. The molecule has 3 atom stereocenters. The SMILES string of the molecule is COc1cc(Cl)ccc1C(=O)N(C)[C@@H]1C[C@@H]2CC(=O)N(C)C[C@@H]2C1. The lowest BCUT2D eigenvalue weighted by atomic mass is 9.88. The number of methoxy groups -OCH3 is 1. The average Bonchev–Trinajstić information content (AvgIpc) is 2.96. The van der Waals surface area contributed by atoms with Gasteiger partial charge in [0.1, 0.15) is 5.75 Å². The number of carbonyl (C=O) groups is 2. The average molecular weight is 351 g/mol. The van der Waals surface area contributed by atoms with Gasteiger partial charge in [0.25, 0.3) is 5.91 Å². The molecule has 1 aliphatic carbocycles. The molecule has 0 bridgehead atoms. The first kappa shape index (κ1) is 17.1. The molecule has 1 saturated heterocycles. The first-order chi connectivity index (χ1) is 11.4. The third-order valence-electron chi connectivity index (χ3n) is 5.45. The maximum atomic E-state index is 12.9. The Bertz CT molecular complexity index is 664. The third-order valence-corrected chi connectivity index (χ3v) is 5.68. The van der Waals surface area contributed by atoms with Crippen molar-refractivity contribution in [1.82, 2.24) is 9.80 Å². The van der Waals surface area contributed by atoms with Crippen molar-refractivity contribution >= 4 is 23.4 Å². The number of fused-ring (bicyclic) bond motifs is 1. The number of piperidine rings is 1. The smallest absolute Gasteiger partial charge is 0.257 e. The van der Waals surface area contributed by atoms with Crippen LogP contribution in [0.1, 0.15) is 29.6 Å². The van der Waals surface area contributed by atoms with Crippen LogP contribution >= 0.6 is 11.6 Å². The number of hydrogen-bond donors (Lipinski definition) is 0. The van der Waals surface area contributed by atoms with Gasteiger partial charge >= 0.3 is 0 Å². The standard InChI is InChI=1S/C18H23ClN2O3/c1-20-10-12-7-14(6-11(12)8-17(20)22)21(2)18(23)15-5-4-13(19)9-16(15)24-3/h4-5,9,11-12,14H,6-8,10H2,1-3H3/t11-,12+,14-/m1/s1. The predicted molar refractivity (Wildman–Crippen MR) is 92.4 cm³/mol. The second kappa shape index (κ2) is 6.63. The maximum absolute atomic E-state index is 12.9. The molecule has 130 valence electrons. The largest absolute Gasteiger partial charge is 0.496 e. The van der Waals surface area contributed by atoms with E-state index >= 15 is 0 Å². The Labute approximate surface area is 147 Å². The van der Waals surface area contributed by atoms with Crippen LogP contribution in [0.2, 0.25) is 5.02 Å². The number of benzene rings is 1. The van der Waals surface area contributed by atoms with E-state index < -0.39 is 0 Å². The lowest BCUT2D eigenvalue weighted by Crippen LogP contribution is -2.39. The minimum absolute atomic E-state index is 0.0631. The Morgan fingerprint density at radius 1 is 1.33 bits per heavy atom. The second-order valence-electron chi connectivity index (χ2n) is 6.88. The van der Waals surface area contributed by atoms with Gasteiger partial charge in [-0.05, 0) is 42.9 Å². The highest BCUT2D eigenvalue weighted by Crippen LogP contribution is 2.40. The minimum Gasteiger partial charge on any atom is -0.496 e. The van der Waals surface area contributed by atoms with Crippen LogP contribution in [-0.4, -0.2) is 55.4 Å². The zero-order chi connectivity index (χ0) is 17.4. The Kier molecular flexibility index (Phi) is 4.72. The number of amides is 2. The molecule has 0 radical (unpaired) electrons. The van der Waals surface area contributed by atoms with Crippen molar-refractivity contribution in [2.45, 2.75) is 25.3 Å². The van der Waals surface area contributed by atoms with Gasteiger partial charge in [0.15, 0.2) is 0 Å². The Morgan fingerprint density at radius 2 is 2.04 bits per heavy atom. The third kappa shape index (κ3) is 3.09. The van der Waals surface area contributed by atoms with E-state index in [0.29, 0.717) is 34.6 Å². The van der Waals surface area contributed by atoms with E-state index in [2.05, 4.69) is 0 Å². The summed E-state index contributed by atoms with van der Waals surface area (Å²) in [7, 11) is 5.23. The number of rotatable bonds is 3. The number of likely N-dealkylation sites (tertiary alicyclic amines) is 1. The van der Waals surface area contributed by atoms with Crippen molar-refractivity contribution in [3.8, 4) is 5.75 Å². The number of nitrogens with zero attached hydrogens (tertiary/aromatic N) is 2. The van der Waals surface area contributed by atoms with Crippen LogP contribution < -0.4 is 4.74 Å². The molecule has 1 saturated carbocycles. The van der Waals surface area contributed by atoms with Crippen LogP contribution in [-0.2, 0) is 4.79 Å². The molecule has 0 spiro atoms. The number of ether oxygens (including phenoxy) is 1. The van der Waals surface area contributed by atoms with Crippen molar-refractivity contribution < 1.29 is 14.3 Å². The van der Waals surface area contributed by atoms with Crippen molar-refractivity contribution in [2.75, 3.05) is 27.7 Å². The van der Waals surface area contributed by atoms with Crippen LogP contribution in [0.3, 0.4) is 0 Å². The summed E-state index contributed by atoms with van der Waals surface area (Å²) in [6.07, 6.45) is 2.44. The van der Waals surface area contributed by atoms with Crippen LogP contribution in [0, 0.1) is 11.8 Å². The van der Waals surface area contributed by atoms with Gasteiger partial charge in [0.2, 0.25) is 5.91 Å². The summed E-state index contributed by atoms with van der Waals surface area (Å²) in [6.45, 7) is 0.798. The lowest BCUT2D eigenvalue weighted by molar-refractivity contribution is -0.134. The van der Waals surface area contributed by atoms with Gasteiger partial charge in [-0.1, -0.05) is 11.6 Å². The lowest BCUT2D eigenvalue weighted by Gasteiger charge is -2.31. The van der Waals surface area contributed by atoms with Crippen LogP contribution in [0.15, 0.2) is 18.2 Å². The fraction of sp³-hybridized carbons (Fsp3) is 0.556. The summed E-state index contributed by atoms with van der Waals surface area (Å²) in [5, 5.41) is 0.541. The molecular weight excluding hydrogens is 328 g/mol. The van der Waals surface area contributed by atoms with Crippen LogP contribution in [0.4, 0.5) is 0 Å². The summed E-state index contributed by atoms with van der Waals surface area (Å²) in [5.74, 6) is 1.52. The number of hydrogen-bond acceptors (Lipinski definition) is 3. The fourth-order valence-corrected chi connectivity index (χ4v) is 4.16. The maximum Gasteiger partial charge on any atom is 0.257 e. The molecule has 0 aromatic heterocycles. The van der Waals surface area contributed by atoms with E-state index in [1.807, 2.05) is 19.0 Å². The molecule has 5 nitrogen and oxygen atoms in total. The Hall–Kier alpha value is -1.75. The monoisotopic (exact) mass is 350 g/mol. The van der Waals surface area contributed by atoms with Gasteiger partial charge in [0.05, 0.1) is 12.7 Å². The molecule has 0 unspecified atom stereocenters. The molecule has 1 aromatic rings. The van der Waals surface area contributed by atoms with Gasteiger partial charge in [-0.2, -0.15) is 0 Å². The summed E-state index contributed by atoms with van der Waals surface area (Å²) in [5.41, 5.74) is 0.521.